The van der Waals surface area contributed by atoms with E-state index in [4.69, 9.17) is 10.5 Å². The summed E-state index contributed by atoms with van der Waals surface area (Å²) >= 11 is 0. The lowest BCUT2D eigenvalue weighted by atomic mass is 9.98. The molecule has 114 valence electrons. The second-order valence-electron chi connectivity index (χ2n) is 4.99. The smallest absolute Gasteiger partial charge is 0.141 e. The van der Waals surface area contributed by atoms with Crippen molar-refractivity contribution in [3.05, 3.63) is 29.8 Å². The highest BCUT2D eigenvalue weighted by Gasteiger charge is 2.18. The summed E-state index contributed by atoms with van der Waals surface area (Å²) in [4.78, 5) is 6.37. The lowest BCUT2D eigenvalue weighted by molar-refractivity contribution is 0.107. The number of ether oxygens (including phenoxy) is 1. The van der Waals surface area contributed by atoms with Gasteiger partial charge in [0.2, 0.25) is 0 Å². The Kier molecular flexibility index (Phi) is 7.65. The summed E-state index contributed by atoms with van der Waals surface area (Å²) < 4.78 is 18.2. The first-order valence-electron chi connectivity index (χ1n) is 7.25. The van der Waals surface area contributed by atoms with Crippen LogP contribution in [0.1, 0.15) is 32.5 Å². The predicted octanol–water partition coefficient (Wildman–Crippen LogP) is 2.21. The van der Waals surface area contributed by atoms with Crippen LogP contribution in [-0.2, 0) is 4.74 Å². The van der Waals surface area contributed by atoms with Crippen molar-refractivity contribution < 1.29 is 9.13 Å². The molecule has 0 aliphatic heterocycles. The quantitative estimate of drug-likeness (QED) is 0.706. The summed E-state index contributed by atoms with van der Waals surface area (Å²) in [5.41, 5.74) is 6.94. The molecule has 0 aromatic carbocycles. The van der Waals surface area contributed by atoms with Gasteiger partial charge in [-0.3, -0.25) is 4.98 Å². The molecule has 20 heavy (non-hydrogen) atoms. The van der Waals surface area contributed by atoms with Gasteiger partial charge in [-0.15, -0.1) is 0 Å². The summed E-state index contributed by atoms with van der Waals surface area (Å²) in [5, 5.41) is 0. The minimum atomic E-state index is -0.333. The van der Waals surface area contributed by atoms with E-state index in [1.54, 1.807) is 6.07 Å². The van der Waals surface area contributed by atoms with Crippen LogP contribution in [0.2, 0.25) is 0 Å². The molecular formula is C15H26FN3O. The van der Waals surface area contributed by atoms with E-state index in [1.165, 1.54) is 12.3 Å². The van der Waals surface area contributed by atoms with Crippen molar-refractivity contribution in [2.75, 3.05) is 32.8 Å². The lowest BCUT2D eigenvalue weighted by Crippen LogP contribution is -2.35. The van der Waals surface area contributed by atoms with E-state index in [0.717, 1.165) is 38.5 Å². The van der Waals surface area contributed by atoms with Crippen LogP contribution in [-0.4, -0.2) is 42.7 Å². The summed E-state index contributed by atoms with van der Waals surface area (Å²) in [6, 6.07) is 2.88. The average Bonchev–Trinajstić information content (AvgIpc) is 2.46. The van der Waals surface area contributed by atoms with Gasteiger partial charge in [-0.1, -0.05) is 13.8 Å². The second-order valence-corrected chi connectivity index (χ2v) is 4.99. The first-order chi connectivity index (χ1) is 9.58. The maximum absolute atomic E-state index is 12.9. The van der Waals surface area contributed by atoms with Gasteiger partial charge in [0, 0.05) is 19.7 Å². The van der Waals surface area contributed by atoms with Crippen molar-refractivity contribution >= 4 is 0 Å². The van der Waals surface area contributed by atoms with Crippen LogP contribution < -0.4 is 5.73 Å². The number of nitrogens with two attached hydrogens (primary N) is 1. The Bertz CT molecular complexity index is 372. The Morgan fingerprint density at radius 3 is 2.70 bits per heavy atom. The van der Waals surface area contributed by atoms with E-state index in [0.29, 0.717) is 0 Å². The van der Waals surface area contributed by atoms with Gasteiger partial charge in [0.05, 0.1) is 24.5 Å². The van der Waals surface area contributed by atoms with Gasteiger partial charge in [0.25, 0.3) is 0 Å². The lowest BCUT2D eigenvalue weighted by Gasteiger charge is -2.27. The van der Waals surface area contributed by atoms with Gasteiger partial charge < -0.3 is 15.4 Å². The molecule has 0 radical (unpaired) electrons. The minimum absolute atomic E-state index is 0.184. The van der Waals surface area contributed by atoms with E-state index in [-0.39, 0.29) is 17.8 Å². The average molecular weight is 283 g/mol. The van der Waals surface area contributed by atoms with Crippen LogP contribution in [0.25, 0.3) is 0 Å². The highest BCUT2D eigenvalue weighted by atomic mass is 19.1. The number of hydrogen-bond acceptors (Lipinski definition) is 4. The predicted molar refractivity (Wildman–Crippen MR) is 78.9 cm³/mol. The summed E-state index contributed by atoms with van der Waals surface area (Å²) in [7, 11) is 0. The molecule has 1 aromatic heterocycles. The van der Waals surface area contributed by atoms with Crippen molar-refractivity contribution in [3.63, 3.8) is 0 Å². The van der Waals surface area contributed by atoms with Crippen LogP contribution >= 0.6 is 0 Å². The molecule has 2 N–H and O–H groups in total. The molecule has 0 aliphatic carbocycles. The molecule has 4 nitrogen and oxygen atoms in total. The summed E-state index contributed by atoms with van der Waals surface area (Å²) in [5.74, 6) is -0.0879. The Balaban J connectivity index is 2.50. The van der Waals surface area contributed by atoms with Crippen LogP contribution in [0.3, 0.4) is 0 Å². The number of pyridine rings is 1. The zero-order valence-electron chi connectivity index (χ0n) is 12.7. The maximum atomic E-state index is 12.9. The standard InChI is InChI=1S/C15H26FN3O/c1-4-19(8-9-20-5-2)11-12(3)15(17)14-7-6-13(16)10-18-14/h6-7,10,12,15H,4-5,8-9,11,17H2,1-3H3. The fourth-order valence-electron chi connectivity index (χ4n) is 2.11. The van der Waals surface area contributed by atoms with Gasteiger partial charge in [0.15, 0.2) is 0 Å². The van der Waals surface area contributed by atoms with Gasteiger partial charge in [-0.25, -0.2) is 4.39 Å². The van der Waals surface area contributed by atoms with Crippen molar-refractivity contribution in [3.8, 4) is 0 Å². The monoisotopic (exact) mass is 283 g/mol. The normalized spacial score (nSPS) is 14.5. The van der Waals surface area contributed by atoms with E-state index >= 15 is 0 Å². The maximum Gasteiger partial charge on any atom is 0.141 e. The van der Waals surface area contributed by atoms with Gasteiger partial charge in [-0.2, -0.15) is 0 Å². The molecule has 1 aromatic rings. The molecule has 1 heterocycles. The molecule has 0 bridgehead atoms. The molecular weight excluding hydrogens is 257 g/mol. The molecule has 0 spiro atoms. The number of likely N-dealkylation sites (N-methyl/N-ethyl adjacent to an activating group) is 1. The van der Waals surface area contributed by atoms with Crippen LogP contribution in [0.5, 0.6) is 0 Å². The van der Waals surface area contributed by atoms with Crippen LogP contribution in [0.15, 0.2) is 18.3 Å². The fraction of sp³-hybridized carbons (Fsp3) is 0.667. The van der Waals surface area contributed by atoms with Crippen molar-refractivity contribution in [2.45, 2.75) is 26.8 Å². The molecule has 2 unspecified atom stereocenters. The second kappa shape index (κ2) is 9.00. The number of hydrogen-bond donors (Lipinski definition) is 1. The molecule has 2 atom stereocenters. The van der Waals surface area contributed by atoms with Gasteiger partial charge in [0.1, 0.15) is 5.82 Å². The zero-order valence-corrected chi connectivity index (χ0v) is 12.7. The minimum Gasteiger partial charge on any atom is -0.380 e. The SMILES string of the molecule is CCOCCN(CC)CC(C)C(N)c1ccc(F)cn1. The molecule has 0 fully saturated rings. The number of rotatable bonds is 9. The number of nitrogens with zero attached hydrogens (tertiary/aromatic N) is 2. The summed E-state index contributed by atoms with van der Waals surface area (Å²) in [6.45, 7) is 10.4. The molecule has 0 saturated carbocycles. The van der Waals surface area contributed by atoms with Crippen LogP contribution in [0, 0.1) is 11.7 Å². The van der Waals surface area contributed by atoms with Crippen LogP contribution in [0.4, 0.5) is 4.39 Å². The first-order valence-corrected chi connectivity index (χ1v) is 7.25. The van der Waals surface area contributed by atoms with Gasteiger partial charge >= 0.3 is 0 Å². The highest BCUT2D eigenvalue weighted by Crippen LogP contribution is 2.18. The molecule has 0 aliphatic rings. The van der Waals surface area contributed by atoms with Crippen molar-refractivity contribution in [1.29, 1.82) is 0 Å². The molecule has 0 saturated heterocycles. The largest absolute Gasteiger partial charge is 0.380 e. The van der Waals surface area contributed by atoms with E-state index in [1.807, 2.05) is 6.92 Å². The third kappa shape index (κ3) is 5.53. The molecule has 1 rings (SSSR count). The third-order valence-electron chi connectivity index (χ3n) is 3.45. The van der Waals surface area contributed by atoms with E-state index < -0.39 is 0 Å². The van der Waals surface area contributed by atoms with Gasteiger partial charge in [-0.05, 0) is 31.5 Å². The Morgan fingerprint density at radius 1 is 1.40 bits per heavy atom. The van der Waals surface area contributed by atoms with Crippen molar-refractivity contribution in [1.82, 2.24) is 9.88 Å². The third-order valence-corrected chi connectivity index (χ3v) is 3.45. The fourth-order valence-corrected chi connectivity index (χ4v) is 2.11. The van der Waals surface area contributed by atoms with Crippen molar-refractivity contribution in [2.24, 2.45) is 11.7 Å². The Hall–Kier alpha value is -1.04. The molecule has 5 heteroatoms. The van der Waals surface area contributed by atoms with E-state index in [9.17, 15) is 4.39 Å². The number of halogens is 1. The first kappa shape index (κ1) is 17.0. The number of aromatic nitrogens is 1. The highest BCUT2D eigenvalue weighted by molar-refractivity contribution is 5.10. The zero-order chi connectivity index (χ0) is 15.0. The topological polar surface area (TPSA) is 51.4 Å². The Labute approximate surface area is 121 Å². The summed E-state index contributed by atoms with van der Waals surface area (Å²) in [6.07, 6.45) is 1.22. The van der Waals surface area contributed by atoms with E-state index in [2.05, 4.69) is 23.7 Å². The molecule has 0 amide bonds. The Morgan fingerprint density at radius 2 is 2.15 bits per heavy atom.